The Bertz CT molecular complexity index is 1290. The van der Waals surface area contributed by atoms with E-state index in [1.165, 1.54) is 18.5 Å². The van der Waals surface area contributed by atoms with Crippen LogP contribution in [0.2, 0.25) is 0 Å². The Labute approximate surface area is 167 Å². The molecule has 8 heteroatoms. The van der Waals surface area contributed by atoms with Crippen molar-refractivity contribution in [2.45, 2.75) is 24.9 Å². The molecule has 1 unspecified atom stereocenters. The van der Waals surface area contributed by atoms with Crippen LogP contribution < -0.4 is 5.32 Å². The molecule has 3 aromatic heterocycles. The van der Waals surface area contributed by atoms with Gasteiger partial charge < -0.3 is 5.32 Å². The third-order valence-corrected chi connectivity index (χ3v) is 4.80. The third-order valence-electron chi connectivity index (χ3n) is 4.80. The smallest absolute Gasteiger partial charge is 0.218 e. The first-order chi connectivity index (χ1) is 14.6. The molecule has 0 aliphatic heterocycles. The van der Waals surface area contributed by atoms with Crippen LogP contribution in [-0.4, -0.2) is 25.0 Å². The molecular formula is C21H16FN7. The topological polar surface area (TPSA) is 92.3 Å². The molecule has 1 fully saturated rings. The summed E-state index contributed by atoms with van der Waals surface area (Å²) < 4.78 is 25.5. The largest absolute Gasteiger partial charge is 0.373 e. The highest BCUT2D eigenvalue weighted by Crippen LogP contribution is 2.35. The Morgan fingerprint density at radius 1 is 1.28 bits per heavy atom. The van der Waals surface area contributed by atoms with E-state index < -0.39 is 12.0 Å². The molecule has 0 saturated heterocycles. The first-order valence-electron chi connectivity index (χ1n) is 9.68. The fraction of sp³-hybridized carbons (Fsp3) is 0.190. The fourth-order valence-corrected chi connectivity index (χ4v) is 3.17. The number of nitriles is 1. The molecule has 29 heavy (non-hydrogen) atoms. The van der Waals surface area contributed by atoms with Crippen molar-refractivity contribution >= 4 is 16.6 Å². The molecule has 1 aliphatic rings. The molecular weight excluding hydrogens is 369 g/mol. The van der Waals surface area contributed by atoms with E-state index in [2.05, 4.69) is 31.7 Å². The van der Waals surface area contributed by atoms with E-state index in [0.29, 0.717) is 16.8 Å². The summed E-state index contributed by atoms with van der Waals surface area (Å²) in [6, 6.07) is 10.7. The van der Waals surface area contributed by atoms with E-state index in [4.69, 9.17) is 6.63 Å². The van der Waals surface area contributed by atoms with Crippen molar-refractivity contribution < 1.29 is 5.76 Å². The average Bonchev–Trinajstić information content (AvgIpc) is 3.49. The molecule has 1 aromatic carbocycles. The van der Waals surface area contributed by atoms with E-state index in [9.17, 15) is 4.39 Å². The predicted molar refractivity (Wildman–Crippen MR) is 104 cm³/mol. The normalized spacial score (nSPS) is 16.1. The molecule has 3 heterocycles. The number of aromatic nitrogens is 5. The molecule has 4 aromatic rings. The summed E-state index contributed by atoms with van der Waals surface area (Å²) in [5, 5.41) is 21.3. The van der Waals surface area contributed by atoms with Gasteiger partial charge >= 0.3 is 0 Å². The second-order valence-electron chi connectivity index (χ2n) is 6.90. The maximum Gasteiger partial charge on any atom is 0.218 e. The lowest BCUT2D eigenvalue weighted by molar-refractivity contribution is 0.560. The number of benzene rings is 1. The van der Waals surface area contributed by atoms with Crippen molar-refractivity contribution in [2.75, 3.05) is 5.32 Å². The molecule has 142 valence electrons. The number of pyridine rings is 2. The third kappa shape index (κ3) is 3.38. The van der Waals surface area contributed by atoms with E-state index in [1.54, 1.807) is 41.2 Å². The number of hydrogen-bond donors (Lipinski definition) is 1. The zero-order valence-corrected chi connectivity index (χ0v) is 15.2. The van der Waals surface area contributed by atoms with Crippen molar-refractivity contribution in [1.82, 2.24) is 25.0 Å². The molecule has 0 bridgehead atoms. The zero-order valence-electron chi connectivity index (χ0n) is 16.2. The average molecular weight is 386 g/mol. The number of nitrogens with one attached hydrogen (secondary N) is 1. The Morgan fingerprint density at radius 3 is 2.97 bits per heavy atom. The Morgan fingerprint density at radius 2 is 2.17 bits per heavy atom. The van der Waals surface area contributed by atoms with Crippen molar-refractivity contribution in [1.29, 1.82) is 5.26 Å². The van der Waals surface area contributed by atoms with Gasteiger partial charge in [0.15, 0.2) is 0 Å². The summed E-state index contributed by atoms with van der Waals surface area (Å²) in [4.78, 5) is 7.97. The summed E-state index contributed by atoms with van der Waals surface area (Å²) in [7, 11) is 0. The Balaban J connectivity index is 1.60. The first kappa shape index (κ1) is 16.1. The molecule has 1 aliphatic carbocycles. The van der Waals surface area contributed by atoms with Crippen LogP contribution in [0.1, 0.15) is 43.1 Å². The summed E-state index contributed by atoms with van der Waals surface area (Å²) in [6.07, 6.45) is 6.56. The van der Waals surface area contributed by atoms with Gasteiger partial charge in [-0.1, -0.05) is 11.3 Å². The number of anilines is 1. The van der Waals surface area contributed by atoms with Crippen LogP contribution in [0.15, 0.2) is 55.0 Å². The van der Waals surface area contributed by atoms with E-state index >= 15 is 0 Å². The van der Waals surface area contributed by atoms with Crippen LogP contribution in [0.25, 0.3) is 10.9 Å². The summed E-state index contributed by atoms with van der Waals surface area (Å²) >= 11 is 0. The van der Waals surface area contributed by atoms with E-state index in [1.807, 2.05) is 0 Å². The van der Waals surface area contributed by atoms with Crippen LogP contribution in [0.5, 0.6) is 0 Å². The second kappa shape index (κ2) is 6.95. The summed E-state index contributed by atoms with van der Waals surface area (Å²) in [5.41, 5.74) is 2.01. The van der Waals surface area contributed by atoms with Crippen LogP contribution >= 0.6 is 0 Å². The molecule has 5 rings (SSSR count). The monoisotopic (exact) mass is 386 g/mol. The molecule has 1 N–H and O–H groups in total. The molecule has 0 amide bonds. The number of rotatable bonds is 5. The predicted octanol–water partition coefficient (Wildman–Crippen LogP) is 3.77. The van der Waals surface area contributed by atoms with Gasteiger partial charge in [0.05, 0.1) is 24.7 Å². The Kier molecular flexibility index (Phi) is 3.86. The van der Waals surface area contributed by atoms with Gasteiger partial charge in [0.25, 0.3) is 0 Å². The number of halogens is 1. The maximum atomic E-state index is 14.6. The molecule has 1 saturated carbocycles. The number of fused-ring (bicyclic) bond motifs is 1. The van der Waals surface area contributed by atoms with Gasteiger partial charge in [0.1, 0.15) is 17.8 Å². The zero-order chi connectivity index (χ0) is 20.7. The van der Waals surface area contributed by atoms with Gasteiger partial charge in [-0.15, -0.1) is 5.10 Å². The van der Waals surface area contributed by atoms with Crippen LogP contribution in [0.4, 0.5) is 10.1 Å². The Hall–Kier alpha value is -3.86. The molecule has 1 atom stereocenters. The summed E-state index contributed by atoms with van der Waals surface area (Å²) in [5.74, 6) is -0.754. The van der Waals surface area contributed by atoms with Crippen LogP contribution in [0, 0.1) is 17.3 Å². The first-order valence-corrected chi connectivity index (χ1v) is 9.18. The number of nitrogens with zero attached hydrogens (tertiary/aromatic N) is 6. The van der Waals surface area contributed by atoms with Crippen LogP contribution in [0.3, 0.4) is 0 Å². The highest BCUT2D eigenvalue weighted by molar-refractivity contribution is 5.83. The minimum absolute atomic E-state index is 0.0387. The molecule has 7 nitrogen and oxygen atoms in total. The van der Waals surface area contributed by atoms with Crippen molar-refractivity contribution in [3.63, 3.8) is 0 Å². The van der Waals surface area contributed by atoms with E-state index in [0.717, 1.165) is 18.2 Å². The van der Waals surface area contributed by atoms with Gasteiger partial charge in [-0.05, 0) is 43.2 Å². The van der Waals surface area contributed by atoms with Gasteiger partial charge in [-0.25, -0.2) is 9.67 Å². The number of hydrogen-bond acceptors (Lipinski definition) is 6. The minimum Gasteiger partial charge on any atom is -0.373 e. The quantitative estimate of drug-likeness (QED) is 0.525. The van der Waals surface area contributed by atoms with Crippen molar-refractivity contribution in [3.8, 4) is 6.07 Å². The summed E-state index contributed by atoms with van der Waals surface area (Å²) in [6.45, 7) is 0. The highest BCUT2D eigenvalue weighted by Gasteiger charge is 2.28. The molecule has 0 spiro atoms. The minimum atomic E-state index is -1.75. The standard InChI is InChI=1S/C21H16FN7/c22-21-17(2-1-7-24-21)20(19-12-29(28-27-19)16-4-5-16)26-15-3-6-18-14(9-15)8-13(10-23)11-25-18/h1-3,6-9,11-12,16,20,26H,4-5H2/i20D. The van der Waals surface area contributed by atoms with Crippen molar-refractivity contribution in [3.05, 3.63) is 77.8 Å². The van der Waals surface area contributed by atoms with Gasteiger partial charge in [0.2, 0.25) is 5.95 Å². The highest BCUT2D eigenvalue weighted by atomic mass is 19.1. The molecule has 0 radical (unpaired) electrons. The SMILES string of the molecule is [2H]C(Nc1ccc2ncc(C#N)cc2c1)(c1cn(C2CC2)nn1)c1cccnc1F. The fourth-order valence-electron chi connectivity index (χ4n) is 3.17. The lowest BCUT2D eigenvalue weighted by atomic mass is 10.0. The second-order valence-corrected chi connectivity index (χ2v) is 6.90. The van der Waals surface area contributed by atoms with Crippen LogP contribution in [-0.2, 0) is 0 Å². The van der Waals surface area contributed by atoms with Gasteiger partial charge in [-0.2, -0.15) is 9.65 Å². The van der Waals surface area contributed by atoms with Gasteiger partial charge in [-0.3, -0.25) is 4.98 Å². The maximum absolute atomic E-state index is 14.6. The lowest BCUT2D eigenvalue weighted by Gasteiger charge is -2.18. The van der Waals surface area contributed by atoms with E-state index in [-0.39, 0.29) is 17.3 Å². The van der Waals surface area contributed by atoms with Crippen molar-refractivity contribution in [2.24, 2.45) is 0 Å². The van der Waals surface area contributed by atoms with Gasteiger partial charge in [0, 0.05) is 29.0 Å². The lowest BCUT2D eigenvalue weighted by Crippen LogP contribution is -2.15.